The zero-order chi connectivity index (χ0) is 12.4. The highest BCUT2D eigenvalue weighted by Gasteiger charge is 2.09. The molecule has 0 aliphatic carbocycles. The third kappa shape index (κ3) is 3.02. The number of aliphatic carboxylic acids is 1. The largest absolute Gasteiger partial charge is 0.481 e. The van der Waals surface area contributed by atoms with Crippen LogP contribution in [0.5, 0.6) is 0 Å². The molecule has 5 heteroatoms. The molecule has 1 aromatic heterocycles. The smallest absolute Gasteiger partial charge is 0.311 e. The van der Waals surface area contributed by atoms with Gasteiger partial charge in [-0.15, -0.1) is 0 Å². The molecular formula is C12H8Cl2O3. The number of hydrogen-bond donors (Lipinski definition) is 1. The van der Waals surface area contributed by atoms with Crippen LogP contribution < -0.4 is 0 Å². The highest BCUT2D eigenvalue weighted by Crippen LogP contribution is 2.28. The third-order valence-corrected chi connectivity index (χ3v) is 2.57. The molecular weight excluding hydrogens is 263 g/mol. The summed E-state index contributed by atoms with van der Waals surface area (Å²) in [5.74, 6) is 0.00396. The summed E-state index contributed by atoms with van der Waals surface area (Å²) in [6.07, 6.45) is -0.145. The lowest BCUT2D eigenvalue weighted by atomic mass is 10.2. The van der Waals surface area contributed by atoms with Crippen molar-refractivity contribution < 1.29 is 14.3 Å². The van der Waals surface area contributed by atoms with Crippen molar-refractivity contribution in [3.63, 3.8) is 0 Å². The van der Waals surface area contributed by atoms with Crippen molar-refractivity contribution in [2.45, 2.75) is 6.42 Å². The van der Waals surface area contributed by atoms with Crippen LogP contribution >= 0.6 is 23.2 Å². The molecule has 2 aromatic rings. The first-order chi connectivity index (χ1) is 8.04. The summed E-state index contributed by atoms with van der Waals surface area (Å²) in [4.78, 5) is 10.5. The fourth-order valence-electron chi connectivity index (χ4n) is 1.47. The van der Waals surface area contributed by atoms with Gasteiger partial charge in [0, 0.05) is 15.6 Å². The Morgan fingerprint density at radius 1 is 1.18 bits per heavy atom. The van der Waals surface area contributed by atoms with E-state index in [-0.39, 0.29) is 6.42 Å². The first-order valence-corrected chi connectivity index (χ1v) is 5.57. The van der Waals surface area contributed by atoms with Crippen LogP contribution in [-0.2, 0) is 11.2 Å². The molecule has 88 valence electrons. The van der Waals surface area contributed by atoms with Gasteiger partial charge >= 0.3 is 5.97 Å². The maximum absolute atomic E-state index is 10.5. The van der Waals surface area contributed by atoms with Crippen LogP contribution in [0.4, 0.5) is 0 Å². The first kappa shape index (κ1) is 12.0. The Kier molecular flexibility index (Phi) is 3.41. The van der Waals surface area contributed by atoms with Crippen LogP contribution in [0.2, 0.25) is 10.0 Å². The van der Waals surface area contributed by atoms with E-state index in [1.165, 1.54) is 0 Å². The summed E-state index contributed by atoms with van der Waals surface area (Å²) in [6.45, 7) is 0. The van der Waals surface area contributed by atoms with Gasteiger partial charge in [0.05, 0.1) is 0 Å². The maximum atomic E-state index is 10.5. The molecule has 17 heavy (non-hydrogen) atoms. The topological polar surface area (TPSA) is 50.4 Å². The SMILES string of the molecule is O=C(O)Cc1ccc(-c2cc(Cl)cc(Cl)c2)o1. The van der Waals surface area contributed by atoms with E-state index in [2.05, 4.69) is 0 Å². The van der Waals surface area contributed by atoms with Gasteiger partial charge in [-0.1, -0.05) is 23.2 Å². The number of rotatable bonds is 3. The minimum absolute atomic E-state index is 0.145. The van der Waals surface area contributed by atoms with Crippen molar-refractivity contribution in [3.8, 4) is 11.3 Å². The zero-order valence-corrected chi connectivity index (χ0v) is 10.1. The van der Waals surface area contributed by atoms with Gasteiger partial charge < -0.3 is 9.52 Å². The molecule has 0 unspecified atom stereocenters. The number of carboxylic acid groups (broad SMARTS) is 1. The minimum atomic E-state index is -0.935. The quantitative estimate of drug-likeness (QED) is 0.921. The van der Waals surface area contributed by atoms with Crippen molar-refractivity contribution in [1.29, 1.82) is 0 Å². The molecule has 0 amide bonds. The monoisotopic (exact) mass is 270 g/mol. The molecule has 2 rings (SSSR count). The van der Waals surface area contributed by atoms with Gasteiger partial charge in [-0.05, 0) is 30.3 Å². The van der Waals surface area contributed by atoms with Crippen molar-refractivity contribution >= 4 is 29.2 Å². The van der Waals surface area contributed by atoms with E-state index in [4.69, 9.17) is 32.7 Å². The summed E-state index contributed by atoms with van der Waals surface area (Å²) in [5.41, 5.74) is 0.721. The fourth-order valence-corrected chi connectivity index (χ4v) is 2.00. The third-order valence-electron chi connectivity index (χ3n) is 2.13. The summed E-state index contributed by atoms with van der Waals surface area (Å²) in [5, 5.41) is 9.64. The molecule has 0 aliphatic heterocycles. The molecule has 0 saturated carbocycles. The molecule has 0 aliphatic rings. The van der Waals surface area contributed by atoms with Crippen molar-refractivity contribution in [3.05, 3.63) is 46.1 Å². The van der Waals surface area contributed by atoms with Gasteiger partial charge in [0.15, 0.2) is 0 Å². The minimum Gasteiger partial charge on any atom is -0.481 e. The highest BCUT2D eigenvalue weighted by atomic mass is 35.5. The van der Waals surface area contributed by atoms with Crippen LogP contribution in [0, 0.1) is 0 Å². The molecule has 0 saturated heterocycles. The predicted molar refractivity (Wildman–Crippen MR) is 65.5 cm³/mol. The number of benzene rings is 1. The highest BCUT2D eigenvalue weighted by molar-refractivity contribution is 6.35. The van der Waals surface area contributed by atoms with Crippen LogP contribution in [0.1, 0.15) is 5.76 Å². The molecule has 1 aromatic carbocycles. The van der Waals surface area contributed by atoms with Crippen molar-refractivity contribution in [2.75, 3.05) is 0 Å². The number of furan rings is 1. The van der Waals surface area contributed by atoms with Crippen LogP contribution in [-0.4, -0.2) is 11.1 Å². The summed E-state index contributed by atoms with van der Waals surface area (Å²) in [7, 11) is 0. The average Bonchev–Trinajstić information content (AvgIpc) is 2.63. The Labute approximate surface area is 108 Å². The molecule has 0 spiro atoms. The second-order valence-electron chi connectivity index (χ2n) is 3.49. The molecule has 0 fully saturated rings. The van der Waals surface area contributed by atoms with Crippen LogP contribution in [0.3, 0.4) is 0 Å². The Balaban J connectivity index is 2.33. The summed E-state index contributed by atoms with van der Waals surface area (Å²) < 4.78 is 5.39. The lowest BCUT2D eigenvalue weighted by Crippen LogP contribution is -1.97. The Bertz CT molecular complexity index is 540. The van der Waals surface area contributed by atoms with E-state index < -0.39 is 5.97 Å². The Morgan fingerprint density at radius 3 is 2.41 bits per heavy atom. The lowest BCUT2D eigenvalue weighted by molar-refractivity contribution is -0.136. The normalized spacial score (nSPS) is 10.5. The fraction of sp³-hybridized carbons (Fsp3) is 0.0833. The van der Waals surface area contributed by atoms with E-state index in [1.54, 1.807) is 30.3 Å². The number of carboxylic acids is 1. The molecule has 1 heterocycles. The predicted octanol–water partition coefficient (Wildman–Crippen LogP) is 3.88. The zero-order valence-electron chi connectivity index (χ0n) is 8.61. The van der Waals surface area contributed by atoms with Crippen LogP contribution in [0.15, 0.2) is 34.7 Å². The lowest BCUT2D eigenvalue weighted by Gasteiger charge is -1.99. The standard InChI is InChI=1S/C12H8Cl2O3/c13-8-3-7(4-9(14)5-8)11-2-1-10(17-11)6-12(15)16/h1-5H,6H2,(H,15,16). The van der Waals surface area contributed by atoms with Gasteiger partial charge in [-0.2, -0.15) is 0 Å². The van der Waals surface area contributed by atoms with Gasteiger partial charge in [0.1, 0.15) is 17.9 Å². The number of carbonyl (C=O) groups is 1. The molecule has 3 nitrogen and oxygen atoms in total. The Morgan fingerprint density at radius 2 is 1.82 bits per heavy atom. The van der Waals surface area contributed by atoms with Crippen molar-refractivity contribution in [1.82, 2.24) is 0 Å². The molecule has 1 N–H and O–H groups in total. The van der Waals surface area contributed by atoms with Gasteiger partial charge in [0.2, 0.25) is 0 Å². The Hall–Kier alpha value is -1.45. The average molecular weight is 271 g/mol. The van der Waals surface area contributed by atoms with Gasteiger partial charge in [0.25, 0.3) is 0 Å². The van der Waals surface area contributed by atoms with Crippen molar-refractivity contribution in [2.24, 2.45) is 0 Å². The van der Waals surface area contributed by atoms with Gasteiger partial charge in [-0.25, -0.2) is 0 Å². The number of halogens is 2. The molecule has 0 bridgehead atoms. The number of hydrogen-bond acceptors (Lipinski definition) is 2. The van der Waals surface area contributed by atoms with Crippen LogP contribution in [0.25, 0.3) is 11.3 Å². The second kappa shape index (κ2) is 4.82. The van der Waals surface area contributed by atoms with E-state index in [0.717, 1.165) is 5.56 Å². The van der Waals surface area contributed by atoms with E-state index in [9.17, 15) is 4.79 Å². The van der Waals surface area contributed by atoms with E-state index in [1.807, 2.05) is 0 Å². The van der Waals surface area contributed by atoms with E-state index >= 15 is 0 Å². The molecule has 0 atom stereocenters. The maximum Gasteiger partial charge on any atom is 0.311 e. The second-order valence-corrected chi connectivity index (χ2v) is 4.37. The summed E-state index contributed by atoms with van der Waals surface area (Å²) >= 11 is 11.7. The molecule has 0 radical (unpaired) electrons. The first-order valence-electron chi connectivity index (χ1n) is 4.81. The van der Waals surface area contributed by atoms with Gasteiger partial charge in [-0.3, -0.25) is 4.79 Å². The van der Waals surface area contributed by atoms with E-state index in [0.29, 0.717) is 21.6 Å². The summed E-state index contributed by atoms with van der Waals surface area (Å²) in [6, 6.07) is 8.35.